The molecule has 0 saturated carbocycles. The van der Waals surface area contributed by atoms with Crippen molar-refractivity contribution in [3.05, 3.63) is 107 Å². The van der Waals surface area contributed by atoms with Crippen LogP contribution in [0.5, 0.6) is 11.5 Å². The van der Waals surface area contributed by atoms with Crippen LogP contribution in [0.15, 0.2) is 72.9 Å². The van der Waals surface area contributed by atoms with Gasteiger partial charge in [0.2, 0.25) is 0 Å². The predicted molar refractivity (Wildman–Crippen MR) is 181 cm³/mol. The van der Waals surface area contributed by atoms with Crippen LogP contribution in [0.1, 0.15) is 42.5 Å². The topological polar surface area (TPSA) is 90.3 Å². The van der Waals surface area contributed by atoms with Gasteiger partial charge in [0.15, 0.2) is 11.6 Å². The number of hydrogen-bond donors (Lipinski definition) is 2. The molecule has 0 fully saturated rings. The first-order valence-corrected chi connectivity index (χ1v) is 15.8. The zero-order chi connectivity index (χ0) is 32.4. The van der Waals surface area contributed by atoms with Gasteiger partial charge in [-0.1, -0.05) is 50.3 Å². The molecule has 0 amide bonds. The van der Waals surface area contributed by atoms with E-state index >= 15 is 4.39 Å². The molecule has 3 N–H and O–H groups in total. The van der Waals surface area contributed by atoms with Crippen LogP contribution in [0.25, 0.3) is 22.7 Å². The van der Waals surface area contributed by atoms with E-state index in [2.05, 4.69) is 19.9 Å². The quantitative estimate of drug-likeness (QED) is 0.0737. The Kier molecular flexibility index (Phi) is 11.7. The second-order valence-corrected chi connectivity index (χ2v) is 12.6. The monoisotopic (exact) mass is 631 g/mol. The third-order valence-corrected chi connectivity index (χ3v) is 8.67. The molecule has 6 nitrogen and oxygen atoms in total. The van der Waals surface area contributed by atoms with Crippen LogP contribution < -0.4 is 10.5 Å². The van der Waals surface area contributed by atoms with Crippen molar-refractivity contribution in [3.8, 4) is 11.5 Å². The maximum Gasteiger partial charge on any atom is 0.168 e. The summed E-state index contributed by atoms with van der Waals surface area (Å²) in [5.74, 6) is 0.489. The zero-order valence-corrected chi connectivity index (χ0v) is 26.6. The van der Waals surface area contributed by atoms with Crippen molar-refractivity contribution in [2.75, 3.05) is 19.0 Å². The van der Waals surface area contributed by atoms with E-state index in [1.807, 2.05) is 54.2 Å². The van der Waals surface area contributed by atoms with Crippen molar-refractivity contribution >= 4 is 46.9 Å². The van der Waals surface area contributed by atoms with Crippen molar-refractivity contribution in [2.45, 2.75) is 32.4 Å². The van der Waals surface area contributed by atoms with E-state index < -0.39 is 11.6 Å². The molecule has 9 heteroatoms. The van der Waals surface area contributed by atoms with Crippen LogP contribution in [0, 0.1) is 22.5 Å². The van der Waals surface area contributed by atoms with Crippen molar-refractivity contribution < 1.29 is 23.0 Å². The Labute approximate surface area is 267 Å². The molecule has 4 aromatic rings. The van der Waals surface area contributed by atoms with Crippen molar-refractivity contribution in [3.63, 3.8) is 0 Å². The fraction of sp³-hybridized carbons (Fsp3) is 0.278. The number of aromatic nitrogens is 1. The lowest BCUT2D eigenvalue weighted by atomic mass is 9.98. The number of allylic oxidation sites excluding steroid dienone is 1. The van der Waals surface area contributed by atoms with E-state index in [1.54, 1.807) is 11.8 Å². The van der Waals surface area contributed by atoms with Gasteiger partial charge >= 0.3 is 0 Å². The van der Waals surface area contributed by atoms with Gasteiger partial charge in [0, 0.05) is 65.7 Å². The number of ether oxygens (including phenoxy) is 2. The molecule has 0 aliphatic carbocycles. The van der Waals surface area contributed by atoms with E-state index in [0.717, 1.165) is 46.7 Å². The number of carbonyl (C=O) groups is 1. The Morgan fingerprint density at radius 3 is 2.71 bits per heavy atom. The van der Waals surface area contributed by atoms with E-state index in [4.69, 9.17) is 20.6 Å². The average molecular weight is 632 g/mol. The first kappa shape index (κ1) is 33.7. The molecule has 3 aromatic carbocycles. The lowest BCUT2D eigenvalue weighted by molar-refractivity contribution is -0.107. The minimum Gasteiger partial charge on any atom is -0.454 e. The molecule has 236 valence electrons. The summed E-state index contributed by atoms with van der Waals surface area (Å²) in [4.78, 5) is 10.7. The minimum atomic E-state index is -0.562. The number of nitrogens with two attached hydrogens (primary N) is 1. The molecule has 0 spiro atoms. The Morgan fingerprint density at radius 2 is 1.93 bits per heavy atom. The van der Waals surface area contributed by atoms with Crippen LogP contribution in [0.2, 0.25) is 0 Å². The van der Waals surface area contributed by atoms with Crippen LogP contribution in [0.4, 0.5) is 8.78 Å². The van der Waals surface area contributed by atoms with E-state index in [1.165, 1.54) is 30.3 Å². The van der Waals surface area contributed by atoms with Gasteiger partial charge in [0.05, 0.1) is 18.7 Å². The van der Waals surface area contributed by atoms with Gasteiger partial charge in [-0.2, -0.15) is 11.8 Å². The maximum absolute atomic E-state index is 15.6. The van der Waals surface area contributed by atoms with Gasteiger partial charge in [-0.05, 0) is 53.3 Å². The number of hydrogen-bond acceptors (Lipinski definition) is 6. The lowest BCUT2D eigenvalue weighted by Crippen LogP contribution is -2.22. The summed E-state index contributed by atoms with van der Waals surface area (Å²) in [5.41, 5.74) is 9.57. The van der Waals surface area contributed by atoms with Gasteiger partial charge in [-0.15, -0.1) is 0 Å². The molecule has 45 heavy (non-hydrogen) atoms. The maximum atomic E-state index is 15.6. The number of benzene rings is 3. The lowest BCUT2D eigenvalue weighted by Gasteiger charge is -2.24. The van der Waals surface area contributed by atoms with Crippen LogP contribution >= 0.6 is 11.8 Å². The van der Waals surface area contributed by atoms with Gasteiger partial charge in [-0.3, -0.25) is 0 Å². The van der Waals surface area contributed by atoms with Crippen molar-refractivity contribution in [1.29, 1.82) is 5.41 Å². The first-order valence-electron chi connectivity index (χ1n) is 14.7. The smallest absolute Gasteiger partial charge is 0.168 e. The summed E-state index contributed by atoms with van der Waals surface area (Å²) in [6, 6.07) is 15.6. The fourth-order valence-corrected chi connectivity index (χ4v) is 6.13. The highest BCUT2D eigenvalue weighted by molar-refractivity contribution is 7.98. The summed E-state index contributed by atoms with van der Waals surface area (Å²) in [5, 5.41) is 8.11. The number of halogens is 2. The molecule has 0 aliphatic heterocycles. The summed E-state index contributed by atoms with van der Waals surface area (Å²) < 4.78 is 43.9. The Bertz CT molecular complexity index is 1710. The Morgan fingerprint density at radius 1 is 1.11 bits per heavy atom. The van der Waals surface area contributed by atoms with Gasteiger partial charge in [-0.25, -0.2) is 8.78 Å². The zero-order valence-electron chi connectivity index (χ0n) is 25.8. The van der Waals surface area contributed by atoms with E-state index in [-0.39, 0.29) is 28.2 Å². The standard InChI is InChI=1S/C36H39F2N3O3S/c1-36(2,23-43-18-6-10-26-8-4-7-25(19-26)9-5-17-42)24-45-22-30-28-14-16-41(3)34(28)21-32(38)35(30)44-27-11-12-31(37)29(20-27)33(40)13-15-39/h4,6-8,10-17,19-21,39H,5,9,18,22-24,40H2,1-3H3/b10-6+,33-13-,39-15?. The molecule has 1 heterocycles. The number of thioether (sulfide) groups is 1. The number of nitrogens with one attached hydrogen (secondary N) is 1. The summed E-state index contributed by atoms with van der Waals surface area (Å²) in [7, 11) is 1.86. The summed E-state index contributed by atoms with van der Waals surface area (Å²) in [6.45, 7) is 5.28. The second kappa shape index (κ2) is 15.7. The molecule has 0 radical (unpaired) electrons. The SMILES string of the molecule is Cn1ccc2c(CSCC(C)(C)COC/C=C/c3cccc(CCC=O)c3)c(Oc3ccc(F)c(/C(N)=C/C=N)c3)c(F)cc21. The molecule has 0 bridgehead atoms. The highest BCUT2D eigenvalue weighted by Gasteiger charge is 2.22. The van der Waals surface area contributed by atoms with Crippen molar-refractivity contribution in [2.24, 2.45) is 18.2 Å². The highest BCUT2D eigenvalue weighted by Crippen LogP contribution is 2.39. The van der Waals surface area contributed by atoms with Gasteiger partial charge in [0.25, 0.3) is 0 Å². The number of fused-ring (bicyclic) bond motifs is 1. The molecule has 0 saturated heterocycles. The van der Waals surface area contributed by atoms with Crippen LogP contribution in [-0.2, 0) is 28.8 Å². The number of aldehydes is 1. The van der Waals surface area contributed by atoms with Gasteiger partial charge in [0.1, 0.15) is 17.9 Å². The average Bonchev–Trinajstić information content (AvgIpc) is 3.38. The van der Waals surface area contributed by atoms with Crippen LogP contribution in [0.3, 0.4) is 0 Å². The molecular formula is C36H39F2N3O3S. The molecule has 4 rings (SSSR count). The largest absolute Gasteiger partial charge is 0.454 e. The third kappa shape index (κ3) is 9.15. The third-order valence-electron chi connectivity index (χ3n) is 7.19. The molecule has 0 unspecified atom stereocenters. The predicted octanol–water partition coefficient (Wildman–Crippen LogP) is 8.32. The highest BCUT2D eigenvalue weighted by atomic mass is 32.2. The van der Waals surface area contributed by atoms with Crippen LogP contribution in [-0.4, -0.2) is 36.0 Å². The number of rotatable bonds is 16. The van der Waals surface area contributed by atoms with Gasteiger partial charge < -0.3 is 30.0 Å². The molecule has 1 aromatic heterocycles. The fourth-order valence-electron chi connectivity index (χ4n) is 4.91. The summed E-state index contributed by atoms with van der Waals surface area (Å²) >= 11 is 1.66. The molecule has 0 atom stereocenters. The number of carbonyl (C=O) groups excluding carboxylic acids is 1. The number of aryl methyl sites for hydroxylation is 2. The molecule has 0 aliphatic rings. The summed E-state index contributed by atoms with van der Waals surface area (Å²) in [6.07, 6.45) is 10.3. The Hall–Kier alpha value is -4.21. The second-order valence-electron chi connectivity index (χ2n) is 11.6. The van der Waals surface area contributed by atoms with Crippen molar-refractivity contribution in [1.82, 2.24) is 4.57 Å². The Balaban J connectivity index is 1.42. The minimum absolute atomic E-state index is 0.0722. The first-order chi connectivity index (χ1) is 21.6. The number of nitrogens with zero attached hydrogens (tertiary/aromatic N) is 1. The molecular weight excluding hydrogens is 592 g/mol. The van der Waals surface area contributed by atoms with E-state index in [9.17, 15) is 9.18 Å². The normalized spacial score (nSPS) is 12.2. The van der Waals surface area contributed by atoms with E-state index in [0.29, 0.717) is 31.0 Å².